The van der Waals surface area contributed by atoms with Gasteiger partial charge >= 0.3 is 5.97 Å². The first kappa shape index (κ1) is 18.9. The molecule has 0 aliphatic carbocycles. The maximum Gasteiger partial charge on any atom is 0.340 e. The summed E-state index contributed by atoms with van der Waals surface area (Å²) in [5.41, 5.74) is 3.29. The Morgan fingerprint density at radius 3 is 2.93 bits per heavy atom. The third-order valence-electron chi connectivity index (χ3n) is 3.77. The zero-order valence-electron chi connectivity index (χ0n) is 14.8. The van der Waals surface area contributed by atoms with E-state index in [4.69, 9.17) is 9.15 Å². The Hall–Kier alpha value is -2.49. The lowest BCUT2D eigenvalue weighted by atomic mass is 10.2. The van der Waals surface area contributed by atoms with Gasteiger partial charge in [-0.15, -0.1) is 44.6 Å². The van der Waals surface area contributed by atoms with Crippen molar-refractivity contribution in [2.45, 2.75) is 23.7 Å². The highest BCUT2D eigenvalue weighted by Gasteiger charge is 2.22. The van der Waals surface area contributed by atoms with Crippen LogP contribution < -0.4 is 0 Å². The van der Waals surface area contributed by atoms with Gasteiger partial charge in [0, 0.05) is 16.0 Å². The number of ether oxygens (including phenoxy) is 1. The third-order valence-corrected chi connectivity index (χ3v) is 6.37. The molecule has 0 spiro atoms. The smallest absolute Gasteiger partial charge is 0.340 e. The second-order valence-electron chi connectivity index (χ2n) is 5.73. The molecule has 142 valence electrons. The molecule has 6 nitrogen and oxygen atoms in total. The molecule has 0 bridgehead atoms. The number of carbonyl (C=O) groups is 1. The second kappa shape index (κ2) is 8.68. The van der Waals surface area contributed by atoms with Crippen molar-refractivity contribution >= 4 is 40.4 Å². The lowest BCUT2D eigenvalue weighted by molar-refractivity contribution is 0.0276. The molecule has 0 aliphatic rings. The highest BCUT2D eigenvalue weighted by molar-refractivity contribution is 7.98. The van der Waals surface area contributed by atoms with E-state index in [9.17, 15) is 4.79 Å². The molecule has 28 heavy (non-hydrogen) atoms. The predicted molar refractivity (Wildman–Crippen MR) is 110 cm³/mol. The molecule has 1 atom stereocenters. The maximum absolute atomic E-state index is 12.7. The van der Waals surface area contributed by atoms with E-state index in [0.29, 0.717) is 17.2 Å². The van der Waals surface area contributed by atoms with Gasteiger partial charge in [0.05, 0.1) is 21.6 Å². The number of hydrogen-bond acceptors (Lipinski definition) is 9. The molecule has 4 rings (SSSR count). The zero-order valence-corrected chi connectivity index (χ0v) is 17.2. The number of thiazole rings is 1. The van der Waals surface area contributed by atoms with Crippen LogP contribution in [-0.2, 0) is 10.5 Å². The summed E-state index contributed by atoms with van der Waals surface area (Å²) in [5, 5.41) is 12.0. The quantitative estimate of drug-likeness (QED) is 0.285. The Bertz CT molecular complexity index is 1050. The minimum Gasteiger partial charge on any atom is -0.449 e. The van der Waals surface area contributed by atoms with Crippen LogP contribution in [0, 0.1) is 0 Å². The number of thioether (sulfide) groups is 1. The summed E-state index contributed by atoms with van der Waals surface area (Å²) >= 11 is 4.61. The Morgan fingerprint density at radius 1 is 1.25 bits per heavy atom. The highest BCUT2D eigenvalue weighted by Crippen LogP contribution is 2.29. The van der Waals surface area contributed by atoms with E-state index in [-0.39, 0.29) is 5.89 Å². The Labute approximate surface area is 173 Å². The van der Waals surface area contributed by atoms with E-state index in [2.05, 4.69) is 15.2 Å². The molecular weight excluding hydrogens is 414 g/mol. The zero-order chi connectivity index (χ0) is 19.3. The Kier molecular flexibility index (Phi) is 5.84. The van der Waals surface area contributed by atoms with Gasteiger partial charge in [0.15, 0.2) is 6.10 Å². The molecule has 9 heteroatoms. The van der Waals surface area contributed by atoms with Crippen LogP contribution in [-0.4, -0.2) is 21.2 Å². The number of carbonyl (C=O) groups excluding carboxylic acids is 1. The molecule has 0 N–H and O–H groups in total. The van der Waals surface area contributed by atoms with Crippen molar-refractivity contribution < 1.29 is 13.9 Å². The van der Waals surface area contributed by atoms with Gasteiger partial charge in [0.25, 0.3) is 11.8 Å². The van der Waals surface area contributed by atoms with Crippen LogP contribution in [0.25, 0.3) is 10.8 Å². The lowest BCUT2D eigenvalue weighted by Gasteiger charge is -2.12. The monoisotopic (exact) mass is 429 g/mol. The fourth-order valence-corrected chi connectivity index (χ4v) is 4.65. The standard InChI is InChI=1S/C19H15N3O3S3/c1-12(17-21-22-18(25-17)16-7-4-8-27-16)24-19(23)14-5-2-3-6-15(14)28-10-13-9-26-11-20-13/h2-9,11-12H,10H2,1H3. The van der Waals surface area contributed by atoms with Crippen molar-refractivity contribution in [1.29, 1.82) is 0 Å². The largest absolute Gasteiger partial charge is 0.449 e. The van der Waals surface area contributed by atoms with Gasteiger partial charge < -0.3 is 9.15 Å². The van der Waals surface area contributed by atoms with Gasteiger partial charge in [-0.25, -0.2) is 9.78 Å². The van der Waals surface area contributed by atoms with Crippen molar-refractivity contribution in [3.8, 4) is 10.8 Å². The predicted octanol–water partition coefficient (Wildman–Crippen LogP) is 5.46. The van der Waals surface area contributed by atoms with Crippen LogP contribution in [0.5, 0.6) is 0 Å². The van der Waals surface area contributed by atoms with Gasteiger partial charge in [-0.3, -0.25) is 0 Å². The normalized spacial score (nSPS) is 12.0. The molecule has 4 aromatic rings. The molecule has 1 aromatic carbocycles. The van der Waals surface area contributed by atoms with Gasteiger partial charge in [0.2, 0.25) is 0 Å². The van der Waals surface area contributed by atoms with Crippen LogP contribution in [0.2, 0.25) is 0 Å². The minimum absolute atomic E-state index is 0.268. The second-order valence-corrected chi connectivity index (χ2v) is 8.42. The van der Waals surface area contributed by atoms with Crippen molar-refractivity contribution in [2.75, 3.05) is 0 Å². The number of benzene rings is 1. The first-order valence-electron chi connectivity index (χ1n) is 8.38. The van der Waals surface area contributed by atoms with E-state index in [1.165, 1.54) is 11.3 Å². The molecule has 0 saturated carbocycles. The SMILES string of the molecule is CC(OC(=O)c1ccccc1SCc1cscn1)c1nnc(-c2cccs2)o1. The van der Waals surface area contributed by atoms with Gasteiger partial charge in [0.1, 0.15) is 0 Å². The van der Waals surface area contributed by atoms with E-state index in [0.717, 1.165) is 15.5 Å². The highest BCUT2D eigenvalue weighted by atomic mass is 32.2. The average molecular weight is 430 g/mol. The summed E-state index contributed by atoms with van der Waals surface area (Å²) in [6.07, 6.45) is -0.648. The molecule has 0 radical (unpaired) electrons. The van der Waals surface area contributed by atoms with Crippen molar-refractivity contribution in [3.63, 3.8) is 0 Å². The third kappa shape index (κ3) is 4.32. The number of thiophene rings is 1. The van der Waals surface area contributed by atoms with Crippen LogP contribution in [0.3, 0.4) is 0 Å². The number of esters is 1. The maximum atomic E-state index is 12.7. The molecule has 3 aromatic heterocycles. The summed E-state index contributed by atoms with van der Waals surface area (Å²) < 4.78 is 11.2. The summed E-state index contributed by atoms with van der Waals surface area (Å²) in [4.78, 5) is 18.7. The minimum atomic E-state index is -0.648. The number of aromatic nitrogens is 3. The van der Waals surface area contributed by atoms with Crippen LogP contribution in [0.4, 0.5) is 0 Å². The van der Waals surface area contributed by atoms with E-state index >= 15 is 0 Å². The van der Waals surface area contributed by atoms with Crippen LogP contribution >= 0.6 is 34.4 Å². The molecule has 0 saturated heterocycles. The summed E-state index contributed by atoms with van der Waals surface area (Å²) in [6.45, 7) is 1.72. The summed E-state index contributed by atoms with van der Waals surface area (Å²) in [7, 11) is 0. The molecule has 3 heterocycles. The average Bonchev–Trinajstić information content (AvgIpc) is 3.48. The fraction of sp³-hybridized carbons (Fsp3) is 0.158. The van der Waals surface area contributed by atoms with E-state index < -0.39 is 12.1 Å². The topological polar surface area (TPSA) is 78.1 Å². The van der Waals surface area contributed by atoms with E-state index in [1.54, 1.807) is 41.6 Å². The van der Waals surface area contributed by atoms with Gasteiger partial charge in [-0.1, -0.05) is 18.2 Å². The van der Waals surface area contributed by atoms with Crippen molar-refractivity contribution in [3.05, 3.63) is 69.8 Å². The van der Waals surface area contributed by atoms with Crippen molar-refractivity contribution in [2.24, 2.45) is 0 Å². The van der Waals surface area contributed by atoms with Crippen molar-refractivity contribution in [1.82, 2.24) is 15.2 Å². The lowest BCUT2D eigenvalue weighted by Crippen LogP contribution is -2.10. The first-order chi connectivity index (χ1) is 13.7. The fourth-order valence-electron chi connectivity index (χ4n) is 2.39. The van der Waals surface area contributed by atoms with Gasteiger partial charge in [-0.2, -0.15) is 0 Å². The number of nitrogens with zero attached hydrogens (tertiary/aromatic N) is 3. The first-order valence-corrected chi connectivity index (χ1v) is 11.2. The summed E-state index contributed by atoms with van der Waals surface area (Å²) in [6, 6.07) is 11.2. The Morgan fingerprint density at radius 2 is 2.14 bits per heavy atom. The number of hydrogen-bond donors (Lipinski definition) is 0. The number of rotatable bonds is 7. The summed E-state index contributed by atoms with van der Waals surface area (Å²) in [5.74, 6) is 0.957. The molecule has 0 aliphatic heterocycles. The molecular formula is C19H15N3O3S3. The molecule has 1 unspecified atom stereocenters. The molecule has 0 amide bonds. The Balaban J connectivity index is 1.44. The van der Waals surface area contributed by atoms with Gasteiger partial charge in [-0.05, 0) is 30.5 Å². The van der Waals surface area contributed by atoms with E-state index in [1.807, 2.05) is 41.1 Å². The van der Waals surface area contributed by atoms with Crippen LogP contribution in [0.1, 0.15) is 35.0 Å². The van der Waals surface area contributed by atoms with Crippen LogP contribution in [0.15, 0.2) is 62.0 Å². The molecule has 0 fully saturated rings.